The molecule has 0 aliphatic carbocycles. The Morgan fingerprint density at radius 1 is 1.24 bits per heavy atom. The van der Waals surface area contributed by atoms with Crippen molar-refractivity contribution in [2.75, 3.05) is 7.05 Å². The van der Waals surface area contributed by atoms with E-state index in [1.54, 1.807) is 11.9 Å². The highest BCUT2D eigenvalue weighted by molar-refractivity contribution is 7.80. The van der Waals surface area contributed by atoms with Crippen molar-refractivity contribution in [3.63, 3.8) is 0 Å². The van der Waals surface area contributed by atoms with Crippen LogP contribution in [0.5, 0.6) is 0 Å². The Morgan fingerprint density at radius 2 is 1.95 bits per heavy atom. The van der Waals surface area contributed by atoms with Crippen LogP contribution >= 0.6 is 24.2 Å². The lowest BCUT2D eigenvalue weighted by Gasteiger charge is -2.26. The summed E-state index contributed by atoms with van der Waals surface area (Å²) in [5.41, 5.74) is 2.64. The lowest BCUT2D eigenvalue weighted by Crippen LogP contribution is -2.30. The van der Waals surface area contributed by atoms with Crippen molar-refractivity contribution in [3.8, 4) is 0 Å². The summed E-state index contributed by atoms with van der Waals surface area (Å²) < 4.78 is 0. The zero-order valence-electron chi connectivity index (χ0n) is 12.3. The summed E-state index contributed by atoms with van der Waals surface area (Å²) >= 11 is 10.3. The minimum absolute atomic E-state index is 0.0177. The van der Waals surface area contributed by atoms with E-state index >= 15 is 0 Å². The van der Waals surface area contributed by atoms with Crippen LogP contribution in [0.15, 0.2) is 47.4 Å². The minimum atomic E-state index is -0.0563. The number of thiol groups is 1. The van der Waals surface area contributed by atoms with E-state index in [2.05, 4.69) is 12.6 Å². The quantitative estimate of drug-likeness (QED) is 0.808. The maximum Gasteiger partial charge on any atom is 0.254 e. The van der Waals surface area contributed by atoms with Gasteiger partial charge in [0.05, 0.1) is 6.04 Å². The molecule has 0 heterocycles. The molecule has 0 saturated carbocycles. The van der Waals surface area contributed by atoms with Crippen molar-refractivity contribution < 1.29 is 4.79 Å². The maximum atomic E-state index is 12.7. The van der Waals surface area contributed by atoms with E-state index in [0.29, 0.717) is 10.6 Å². The Bertz CT molecular complexity index is 672. The fourth-order valence-electron chi connectivity index (χ4n) is 2.20. The first kappa shape index (κ1) is 15.9. The van der Waals surface area contributed by atoms with Crippen molar-refractivity contribution >= 4 is 30.1 Å². The summed E-state index contributed by atoms with van der Waals surface area (Å²) in [5.74, 6) is -0.0177. The van der Waals surface area contributed by atoms with Gasteiger partial charge in [-0.3, -0.25) is 4.79 Å². The summed E-state index contributed by atoms with van der Waals surface area (Å²) in [6.07, 6.45) is 0. The van der Waals surface area contributed by atoms with Crippen LogP contribution in [-0.4, -0.2) is 17.9 Å². The molecule has 2 aromatic rings. The third-order valence-corrected chi connectivity index (χ3v) is 4.20. The minimum Gasteiger partial charge on any atom is -0.335 e. The lowest BCUT2D eigenvalue weighted by atomic mass is 10.0. The van der Waals surface area contributed by atoms with Crippen molar-refractivity contribution in [1.82, 2.24) is 4.90 Å². The molecule has 2 rings (SSSR count). The van der Waals surface area contributed by atoms with Crippen molar-refractivity contribution in [2.24, 2.45) is 0 Å². The van der Waals surface area contributed by atoms with E-state index in [9.17, 15) is 4.79 Å². The standard InChI is InChI=1S/C17H18ClNOS/c1-11-7-8-15(21)10-16(11)17(20)19(3)12(2)13-5-4-6-14(18)9-13/h4-10,12,21H,1-3H3. The van der Waals surface area contributed by atoms with Gasteiger partial charge in [-0.2, -0.15) is 0 Å². The second-order valence-electron chi connectivity index (χ2n) is 5.15. The van der Waals surface area contributed by atoms with Crippen LogP contribution in [0.25, 0.3) is 0 Å². The van der Waals surface area contributed by atoms with Crippen LogP contribution in [-0.2, 0) is 0 Å². The highest BCUT2D eigenvalue weighted by Crippen LogP contribution is 2.24. The van der Waals surface area contributed by atoms with E-state index < -0.39 is 0 Å². The molecular weight excluding hydrogens is 302 g/mol. The van der Waals surface area contributed by atoms with Crippen LogP contribution in [0.1, 0.15) is 34.5 Å². The second kappa shape index (κ2) is 6.54. The molecule has 0 saturated heterocycles. The first-order valence-corrected chi connectivity index (χ1v) is 7.55. The number of carbonyl (C=O) groups is 1. The number of amides is 1. The molecule has 0 radical (unpaired) electrons. The van der Waals surface area contributed by atoms with Gasteiger partial charge in [-0.05, 0) is 49.2 Å². The van der Waals surface area contributed by atoms with Gasteiger partial charge in [0.1, 0.15) is 0 Å². The highest BCUT2D eigenvalue weighted by atomic mass is 35.5. The topological polar surface area (TPSA) is 20.3 Å². The van der Waals surface area contributed by atoms with E-state index in [4.69, 9.17) is 11.6 Å². The predicted molar refractivity (Wildman–Crippen MR) is 90.4 cm³/mol. The smallest absolute Gasteiger partial charge is 0.254 e. The molecule has 2 nitrogen and oxygen atoms in total. The van der Waals surface area contributed by atoms with Gasteiger partial charge in [-0.1, -0.05) is 29.8 Å². The summed E-state index contributed by atoms with van der Waals surface area (Å²) in [6, 6.07) is 13.1. The monoisotopic (exact) mass is 319 g/mol. The maximum absolute atomic E-state index is 12.7. The molecule has 1 atom stereocenters. The van der Waals surface area contributed by atoms with E-state index in [1.165, 1.54) is 0 Å². The molecule has 0 aliphatic rings. The van der Waals surface area contributed by atoms with Gasteiger partial charge >= 0.3 is 0 Å². The van der Waals surface area contributed by atoms with Crippen molar-refractivity contribution in [3.05, 3.63) is 64.2 Å². The second-order valence-corrected chi connectivity index (χ2v) is 6.10. The van der Waals surface area contributed by atoms with E-state index in [-0.39, 0.29) is 11.9 Å². The number of nitrogens with zero attached hydrogens (tertiary/aromatic N) is 1. The number of rotatable bonds is 3. The lowest BCUT2D eigenvalue weighted by molar-refractivity contribution is 0.0741. The molecule has 0 fully saturated rings. The Hall–Kier alpha value is -1.45. The molecule has 0 aromatic heterocycles. The largest absolute Gasteiger partial charge is 0.335 e. The number of carbonyl (C=O) groups excluding carboxylic acids is 1. The third-order valence-electron chi connectivity index (χ3n) is 3.68. The molecule has 0 bridgehead atoms. The first-order chi connectivity index (χ1) is 9.90. The molecule has 21 heavy (non-hydrogen) atoms. The van der Waals surface area contributed by atoms with Crippen LogP contribution in [0.2, 0.25) is 5.02 Å². The SMILES string of the molecule is Cc1ccc(S)cc1C(=O)N(C)C(C)c1cccc(Cl)c1. The molecule has 0 aliphatic heterocycles. The van der Waals surface area contributed by atoms with Crippen molar-refractivity contribution in [2.45, 2.75) is 24.8 Å². The molecule has 0 N–H and O–H groups in total. The zero-order valence-corrected chi connectivity index (χ0v) is 13.9. The fourth-order valence-corrected chi connectivity index (χ4v) is 2.60. The van der Waals surface area contributed by atoms with Gasteiger partial charge in [-0.25, -0.2) is 0 Å². The summed E-state index contributed by atoms with van der Waals surface area (Å²) in [4.78, 5) is 15.2. The van der Waals surface area contributed by atoms with Gasteiger partial charge in [0.25, 0.3) is 5.91 Å². The molecule has 4 heteroatoms. The Balaban J connectivity index is 2.28. The zero-order chi connectivity index (χ0) is 15.6. The van der Waals surface area contributed by atoms with Crippen molar-refractivity contribution in [1.29, 1.82) is 0 Å². The van der Waals surface area contributed by atoms with Crippen LogP contribution in [0.4, 0.5) is 0 Å². The van der Waals surface area contributed by atoms with Gasteiger partial charge < -0.3 is 4.90 Å². The molecular formula is C17H18ClNOS. The normalized spacial score (nSPS) is 12.0. The Kier molecular flexibility index (Phi) is 4.96. The Morgan fingerprint density at radius 3 is 2.62 bits per heavy atom. The summed E-state index contributed by atoms with van der Waals surface area (Å²) in [7, 11) is 1.80. The van der Waals surface area contributed by atoms with Crippen LogP contribution in [0.3, 0.4) is 0 Å². The number of hydrogen-bond donors (Lipinski definition) is 1. The highest BCUT2D eigenvalue weighted by Gasteiger charge is 2.20. The number of hydrogen-bond acceptors (Lipinski definition) is 2. The third kappa shape index (κ3) is 3.60. The summed E-state index contributed by atoms with van der Waals surface area (Å²) in [6.45, 7) is 3.92. The molecule has 2 aromatic carbocycles. The average molecular weight is 320 g/mol. The number of halogens is 1. The first-order valence-electron chi connectivity index (χ1n) is 6.72. The van der Waals surface area contributed by atoms with Gasteiger partial charge in [0, 0.05) is 22.5 Å². The van der Waals surface area contributed by atoms with Gasteiger partial charge in [-0.15, -0.1) is 12.6 Å². The molecule has 0 spiro atoms. The average Bonchev–Trinajstić information content (AvgIpc) is 2.47. The molecule has 110 valence electrons. The Labute approximate surface area is 136 Å². The van der Waals surface area contributed by atoms with Gasteiger partial charge in [0.2, 0.25) is 0 Å². The van der Waals surface area contributed by atoms with Gasteiger partial charge in [0.15, 0.2) is 0 Å². The van der Waals surface area contributed by atoms with E-state index in [0.717, 1.165) is 16.0 Å². The van der Waals surface area contributed by atoms with Crippen LogP contribution < -0.4 is 0 Å². The predicted octanol–water partition coefficient (Wildman–Crippen LogP) is 4.77. The number of aryl methyl sites for hydroxylation is 1. The molecule has 1 unspecified atom stereocenters. The fraction of sp³-hybridized carbons (Fsp3) is 0.235. The van der Waals surface area contributed by atoms with E-state index in [1.807, 2.05) is 56.3 Å². The number of benzene rings is 2. The summed E-state index contributed by atoms with van der Waals surface area (Å²) in [5, 5.41) is 0.675. The van der Waals surface area contributed by atoms with Crippen LogP contribution in [0, 0.1) is 6.92 Å². The molecule has 1 amide bonds.